The van der Waals surface area contributed by atoms with Crippen molar-refractivity contribution in [3.63, 3.8) is 0 Å². The van der Waals surface area contributed by atoms with E-state index in [9.17, 15) is 4.79 Å². The second-order valence-electron chi connectivity index (χ2n) is 7.87. The predicted octanol–water partition coefficient (Wildman–Crippen LogP) is 5.77. The zero-order valence-corrected chi connectivity index (χ0v) is 16.8. The van der Waals surface area contributed by atoms with E-state index in [0.717, 1.165) is 38.0 Å². The van der Waals surface area contributed by atoms with Crippen molar-refractivity contribution >= 4 is 17.7 Å². The van der Waals surface area contributed by atoms with Crippen LogP contribution in [-0.2, 0) is 10.2 Å². The second kappa shape index (κ2) is 8.42. The van der Waals surface area contributed by atoms with Gasteiger partial charge in [-0.3, -0.25) is 4.79 Å². The van der Waals surface area contributed by atoms with Gasteiger partial charge in [0.1, 0.15) is 5.37 Å². The maximum Gasteiger partial charge on any atom is 0.226 e. The SMILES string of the molecule is CCCC[C@@H](CC)C(=O)N1CCS[C@@H]1c1ccc(C(C)(C)C)cc1. The Hall–Kier alpha value is -0.960. The van der Waals surface area contributed by atoms with E-state index in [2.05, 4.69) is 63.8 Å². The lowest BCUT2D eigenvalue weighted by Crippen LogP contribution is -2.35. The Kier molecular flexibility index (Phi) is 6.79. The van der Waals surface area contributed by atoms with Gasteiger partial charge in [0, 0.05) is 18.2 Å². The van der Waals surface area contributed by atoms with E-state index in [-0.39, 0.29) is 16.7 Å². The van der Waals surface area contributed by atoms with Crippen LogP contribution >= 0.6 is 11.8 Å². The first-order valence-corrected chi connectivity index (χ1v) is 10.5. The molecule has 1 aliphatic rings. The van der Waals surface area contributed by atoms with Crippen LogP contribution in [0, 0.1) is 5.92 Å². The molecule has 1 aromatic carbocycles. The highest BCUT2D eigenvalue weighted by Crippen LogP contribution is 2.40. The lowest BCUT2D eigenvalue weighted by molar-refractivity contribution is -0.136. The summed E-state index contributed by atoms with van der Waals surface area (Å²) in [7, 11) is 0. The molecule has 1 saturated heterocycles. The molecule has 0 bridgehead atoms. The highest BCUT2D eigenvalue weighted by Gasteiger charge is 2.33. The Bertz CT molecular complexity index is 532. The van der Waals surface area contributed by atoms with Crippen LogP contribution in [0.1, 0.15) is 76.8 Å². The molecule has 1 amide bonds. The quantitative estimate of drug-likeness (QED) is 0.650. The molecule has 1 aromatic rings. The van der Waals surface area contributed by atoms with Gasteiger partial charge in [0.2, 0.25) is 5.91 Å². The number of rotatable bonds is 6. The third kappa shape index (κ3) is 4.56. The van der Waals surface area contributed by atoms with Crippen molar-refractivity contribution in [2.24, 2.45) is 5.92 Å². The smallest absolute Gasteiger partial charge is 0.226 e. The van der Waals surface area contributed by atoms with Gasteiger partial charge in [-0.15, -0.1) is 11.8 Å². The van der Waals surface area contributed by atoms with Gasteiger partial charge >= 0.3 is 0 Å². The molecule has 1 heterocycles. The molecule has 0 N–H and O–H groups in total. The standard InChI is InChI=1S/C21H33NOS/c1-6-8-9-16(7-2)19(23)22-14-15-24-20(22)17-10-12-18(13-11-17)21(3,4)5/h10-13,16,20H,6-9,14-15H2,1-5H3/t16-,20-/m1/s1. The van der Waals surface area contributed by atoms with Crippen LogP contribution in [0.25, 0.3) is 0 Å². The van der Waals surface area contributed by atoms with Gasteiger partial charge in [-0.05, 0) is 29.4 Å². The summed E-state index contributed by atoms with van der Waals surface area (Å²) in [6.07, 6.45) is 4.30. The third-order valence-electron chi connectivity index (χ3n) is 4.98. The molecule has 24 heavy (non-hydrogen) atoms. The Morgan fingerprint density at radius 2 is 1.92 bits per heavy atom. The van der Waals surface area contributed by atoms with E-state index in [1.807, 2.05) is 11.8 Å². The number of hydrogen-bond donors (Lipinski definition) is 0. The first kappa shape index (κ1) is 19.4. The van der Waals surface area contributed by atoms with Crippen LogP contribution in [0.5, 0.6) is 0 Å². The molecule has 0 aromatic heterocycles. The molecular formula is C21H33NOS. The van der Waals surface area contributed by atoms with Crippen molar-refractivity contribution in [3.05, 3.63) is 35.4 Å². The maximum atomic E-state index is 13.0. The molecular weight excluding hydrogens is 314 g/mol. The van der Waals surface area contributed by atoms with E-state index in [0.29, 0.717) is 5.91 Å². The van der Waals surface area contributed by atoms with Crippen molar-refractivity contribution in [1.82, 2.24) is 4.90 Å². The number of unbranched alkanes of at least 4 members (excludes halogenated alkanes) is 1. The second-order valence-corrected chi connectivity index (χ2v) is 9.06. The van der Waals surface area contributed by atoms with Gasteiger partial charge < -0.3 is 4.90 Å². The minimum atomic E-state index is 0.171. The number of nitrogens with zero attached hydrogens (tertiary/aromatic N) is 1. The van der Waals surface area contributed by atoms with Gasteiger partial charge in [0.25, 0.3) is 0 Å². The van der Waals surface area contributed by atoms with E-state index >= 15 is 0 Å². The Morgan fingerprint density at radius 1 is 1.25 bits per heavy atom. The summed E-state index contributed by atoms with van der Waals surface area (Å²) in [5.74, 6) is 1.60. The summed E-state index contributed by atoms with van der Waals surface area (Å²) in [5, 5.41) is 0.196. The zero-order valence-electron chi connectivity index (χ0n) is 16.0. The van der Waals surface area contributed by atoms with Crippen molar-refractivity contribution in [1.29, 1.82) is 0 Å². The molecule has 2 atom stereocenters. The van der Waals surface area contributed by atoms with Crippen LogP contribution in [-0.4, -0.2) is 23.1 Å². The molecule has 2 rings (SSSR count). The van der Waals surface area contributed by atoms with Crippen LogP contribution in [0.15, 0.2) is 24.3 Å². The van der Waals surface area contributed by atoms with Crippen molar-refractivity contribution < 1.29 is 4.79 Å². The fourth-order valence-corrected chi connectivity index (χ4v) is 4.57. The minimum absolute atomic E-state index is 0.171. The highest BCUT2D eigenvalue weighted by molar-refractivity contribution is 7.99. The van der Waals surface area contributed by atoms with Gasteiger partial charge in [0.15, 0.2) is 0 Å². The van der Waals surface area contributed by atoms with E-state index in [1.54, 1.807) is 0 Å². The molecule has 0 spiro atoms. The normalized spacial score (nSPS) is 19.5. The lowest BCUT2D eigenvalue weighted by Gasteiger charge is -2.28. The Balaban J connectivity index is 2.13. The average molecular weight is 348 g/mol. The molecule has 0 saturated carbocycles. The molecule has 0 radical (unpaired) electrons. The number of amides is 1. The summed E-state index contributed by atoms with van der Waals surface area (Å²) in [6.45, 7) is 11.9. The van der Waals surface area contributed by atoms with Crippen molar-refractivity contribution in [3.8, 4) is 0 Å². The Morgan fingerprint density at radius 3 is 2.46 bits per heavy atom. The topological polar surface area (TPSA) is 20.3 Å². The van der Waals surface area contributed by atoms with Gasteiger partial charge in [-0.2, -0.15) is 0 Å². The zero-order chi connectivity index (χ0) is 17.7. The van der Waals surface area contributed by atoms with Gasteiger partial charge in [-0.1, -0.05) is 71.7 Å². The number of hydrogen-bond acceptors (Lipinski definition) is 2. The van der Waals surface area contributed by atoms with Crippen LogP contribution < -0.4 is 0 Å². The summed E-state index contributed by atoms with van der Waals surface area (Å²) in [5.41, 5.74) is 2.79. The molecule has 0 aliphatic carbocycles. The van der Waals surface area contributed by atoms with E-state index in [1.165, 1.54) is 11.1 Å². The summed E-state index contributed by atoms with van der Waals surface area (Å²) >= 11 is 1.90. The monoisotopic (exact) mass is 347 g/mol. The minimum Gasteiger partial charge on any atom is -0.325 e. The van der Waals surface area contributed by atoms with E-state index in [4.69, 9.17) is 0 Å². The van der Waals surface area contributed by atoms with Crippen molar-refractivity contribution in [2.45, 2.75) is 71.1 Å². The Labute approximate surface area is 152 Å². The first-order chi connectivity index (χ1) is 11.4. The van der Waals surface area contributed by atoms with Crippen molar-refractivity contribution in [2.75, 3.05) is 12.3 Å². The average Bonchev–Trinajstić information content (AvgIpc) is 3.04. The fourth-order valence-electron chi connectivity index (χ4n) is 3.31. The highest BCUT2D eigenvalue weighted by atomic mass is 32.2. The van der Waals surface area contributed by atoms with Crippen LogP contribution in [0.3, 0.4) is 0 Å². The molecule has 2 nitrogen and oxygen atoms in total. The molecule has 1 aliphatic heterocycles. The summed E-state index contributed by atoms with van der Waals surface area (Å²) < 4.78 is 0. The largest absolute Gasteiger partial charge is 0.325 e. The first-order valence-electron chi connectivity index (χ1n) is 9.41. The molecule has 0 unspecified atom stereocenters. The number of thioether (sulfide) groups is 1. The number of carbonyl (C=O) groups excluding carboxylic acids is 1. The van der Waals surface area contributed by atoms with Crippen LogP contribution in [0.4, 0.5) is 0 Å². The fraction of sp³-hybridized carbons (Fsp3) is 0.667. The lowest BCUT2D eigenvalue weighted by atomic mass is 9.86. The number of carbonyl (C=O) groups is 1. The van der Waals surface area contributed by atoms with Gasteiger partial charge in [0.05, 0.1) is 0 Å². The van der Waals surface area contributed by atoms with E-state index < -0.39 is 0 Å². The van der Waals surface area contributed by atoms with Crippen LogP contribution in [0.2, 0.25) is 0 Å². The third-order valence-corrected chi connectivity index (χ3v) is 6.24. The molecule has 3 heteroatoms. The number of benzene rings is 1. The molecule has 1 fully saturated rings. The predicted molar refractivity (Wildman–Crippen MR) is 105 cm³/mol. The molecule has 134 valence electrons. The van der Waals surface area contributed by atoms with Gasteiger partial charge in [-0.25, -0.2) is 0 Å². The maximum absolute atomic E-state index is 13.0. The summed E-state index contributed by atoms with van der Waals surface area (Å²) in [6, 6.07) is 8.89. The summed E-state index contributed by atoms with van der Waals surface area (Å²) in [4.78, 5) is 15.1.